The van der Waals surface area contributed by atoms with E-state index >= 15 is 0 Å². The number of carboxylic acid groups (broad SMARTS) is 1. The first-order chi connectivity index (χ1) is 8.63. The van der Waals surface area contributed by atoms with Crippen LogP contribution in [0.3, 0.4) is 0 Å². The maximum absolute atomic E-state index is 11.5. The van der Waals surface area contributed by atoms with Crippen LogP contribution in [0.4, 0.5) is 0 Å². The Balaban J connectivity index is 2.61. The first-order valence-electron chi connectivity index (χ1n) is 5.56. The van der Waals surface area contributed by atoms with E-state index in [0.717, 1.165) is 6.42 Å². The van der Waals surface area contributed by atoms with Crippen molar-refractivity contribution in [1.82, 2.24) is 0 Å². The second-order valence-corrected chi connectivity index (χ2v) is 3.78. The molecule has 0 radical (unpaired) electrons. The number of benzene rings is 1. The molecule has 0 spiro atoms. The zero-order valence-electron chi connectivity index (χ0n) is 9.80. The highest BCUT2D eigenvalue weighted by atomic mass is 16.5. The molecule has 0 aliphatic rings. The fraction of sp³-hybridized carbons (Fsp3) is 0.231. The summed E-state index contributed by atoms with van der Waals surface area (Å²) in [6, 6.07) is 6.37. The zero-order valence-corrected chi connectivity index (χ0v) is 9.80. The summed E-state index contributed by atoms with van der Waals surface area (Å²) in [6.45, 7) is 2.47. The van der Waals surface area contributed by atoms with Crippen molar-refractivity contribution in [2.24, 2.45) is 0 Å². The first-order valence-corrected chi connectivity index (χ1v) is 5.56. The smallest absolute Gasteiger partial charge is 0.351 e. The van der Waals surface area contributed by atoms with Crippen LogP contribution in [0, 0.1) is 0 Å². The Hall–Kier alpha value is -2.30. The largest absolute Gasteiger partial charge is 0.490 e. The lowest BCUT2D eigenvalue weighted by Crippen LogP contribution is -2.13. The molecule has 2 rings (SSSR count). The van der Waals surface area contributed by atoms with Crippen molar-refractivity contribution in [2.45, 2.75) is 13.3 Å². The molecule has 1 aromatic carbocycles. The van der Waals surface area contributed by atoms with Gasteiger partial charge < -0.3 is 14.3 Å². The van der Waals surface area contributed by atoms with Gasteiger partial charge >= 0.3 is 11.6 Å². The highest BCUT2D eigenvalue weighted by Gasteiger charge is 2.14. The van der Waals surface area contributed by atoms with Gasteiger partial charge in [-0.05, 0) is 18.6 Å². The maximum Gasteiger partial charge on any atom is 0.351 e. The third kappa shape index (κ3) is 2.20. The van der Waals surface area contributed by atoms with Gasteiger partial charge in [0.25, 0.3) is 0 Å². The second kappa shape index (κ2) is 4.91. The molecule has 0 aliphatic heterocycles. The van der Waals surface area contributed by atoms with Gasteiger partial charge in [0.1, 0.15) is 5.56 Å². The van der Waals surface area contributed by atoms with Gasteiger partial charge in [0, 0.05) is 5.39 Å². The molecule has 0 atom stereocenters. The van der Waals surface area contributed by atoms with E-state index < -0.39 is 11.6 Å². The Bertz CT molecular complexity index is 641. The zero-order chi connectivity index (χ0) is 13.1. The lowest BCUT2D eigenvalue weighted by molar-refractivity contribution is 0.0692. The van der Waals surface area contributed by atoms with E-state index in [1.165, 1.54) is 6.07 Å². The van der Waals surface area contributed by atoms with Gasteiger partial charge in [-0.1, -0.05) is 19.1 Å². The van der Waals surface area contributed by atoms with E-state index in [9.17, 15) is 9.59 Å². The van der Waals surface area contributed by atoms with Crippen molar-refractivity contribution in [3.05, 3.63) is 40.2 Å². The van der Waals surface area contributed by atoms with Crippen molar-refractivity contribution in [3.8, 4) is 5.75 Å². The van der Waals surface area contributed by atoms with Gasteiger partial charge in [0.15, 0.2) is 11.3 Å². The lowest BCUT2D eigenvalue weighted by atomic mass is 10.2. The van der Waals surface area contributed by atoms with Crippen LogP contribution >= 0.6 is 0 Å². The maximum atomic E-state index is 11.5. The molecule has 5 nitrogen and oxygen atoms in total. The Kier molecular flexibility index (Phi) is 3.32. The molecule has 0 fully saturated rings. The summed E-state index contributed by atoms with van der Waals surface area (Å²) in [6.07, 6.45) is 0.827. The number of ether oxygens (including phenoxy) is 1. The number of carboxylic acids is 1. The molecule has 0 saturated heterocycles. The summed E-state index contributed by atoms with van der Waals surface area (Å²) in [7, 11) is 0. The number of aromatic carboxylic acids is 1. The summed E-state index contributed by atoms with van der Waals surface area (Å²) < 4.78 is 10.5. The molecular weight excluding hydrogens is 236 g/mol. The van der Waals surface area contributed by atoms with Gasteiger partial charge in [-0.2, -0.15) is 0 Å². The van der Waals surface area contributed by atoms with Crippen molar-refractivity contribution < 1.29 is 19.1 Å². The monoisotopic (exact) mass is 248 g/mol. The molecule has 18 heavy (non-hydrogen) atoms. The summed E-state index contributed by atoms with van der Waals surface area (Å²) in [5.74, 6) is -0.853. The Morgan fingerprint density at radius 3 is 2.89 bits per heavy atom. The van der Waals surface area contributed by atoms with E-state index in [2.05, 4.69) is 0 Å². The van der Waals surface area contributed by atoms with Gasteiger partial charge in [-0.3, -0.25) is 0 Å². The number of hydrogen-bond donors (Lipinski definition) is 1. The SMILES string of the molecule is CCCOc1cccc2cc(C(=O)O)c(=O)oc12. The van der Waals surface area contributed by atoms with Crippen LogP contribution in [-0.4, -0.2) is 17.7 Å². The molecule has 0 amide bonds. The predicted octanol–water partition coefficient (Wildman–Crippen LogP) is 2.28. The third-order valence-corrected chi connectivity index (χ3v) is 2.42. The number of fused-ring (bicyclic) bond motifs is 1. The number of hydrogen-bond acceptors (Lipinski definition) is 4. The standard InChI is InChI=1S/C13H12O5/c1-2-6-17-10-5-3-4-8-7-9(12(14)15)13(16)18-11(8)10/h3-5,7H,2,6H2,1H3,(H,14,15). The van der Waals surface area contributed by atoms with E-state index in [4.69, 9.17) is 14.3 Å². The van der Waals surface area contributed by atoms with E-state index in [0.29, 0.717) is 17.7 Å². The van der Waals surface area contributed by atoms with Gasteiger partial charge in [0.05, 0.1) is 6.61 Å². The molecule has 0 aliphatic carbocycles. The highest BCUT2D eigenvalue weighted by molar-refractivity contribution is 5.92. The number of rotatable bonds is 4. The second-order valence-electron chi connectivity index (χ2n) is 3.78. The van der Waals surface area contributed by atoms with Gasteiger partial charge in [0.2, 0.25) is 0 Å². The molecule has 94 valence electrons. The van der Waals surface area contributed by atoms with Crippen molar-refractivity contribution in [3.63, 3.8) is 0 Å². The van der Waals surface area contributed by atoms with Crippen LogP contribution in [0.25, 0.3) is 11.0 Å². The van der Waals surface area contributed by atoms with Crippen molar-refractivity contribution >= 4 is 16.9 Å². The van der Waals surface area contributed by atoms with Crippen LogP contribution in [0.1, 0.15) is 23.7 Å². The summed E-state index contributed by atoms with van der Waals surface area (Å²) in [5, 5.41) is 9.37. The summed E-state index contributed by atoms with van der Waals surface area (Å²) in [4.78, 5) is 22.3. The summed E-state index contributed by atoms with van der Waals surface area (Å²) in [5.41, 5.74) is -0.973. The molecular formula is C13H12O5. The topological polar surface area (TPSA) is 76.7 Å². The van der Waals surface area contributed by atoms with E-state index in [1.807, 2.05) is 6.92 Å². The van der Waals surface area contributed by atoms with Crippen LogP contribution in [0.5, 0.6) is 5.75 Å². The molecule has 1 aromatic heterocycles. The minimum Gasteiger partial charge on any atom is -0.490 e. The molecule has 0 bridgehead atoms. The first kappa shape index (κ1) is 12.2. The number of para-hydroxylation sites is 1. The van der Waals surface area contributed by atoms with Crippen LogP contribution < -0.4 is 10.4 Å². The summed E-state index contributed by atoms with van der Waals surface area (Å²) >= 11 is 0. The minimum atomic E-state index is -1.30. The Labute approximate surface area is 103 Å². The molecule has 1 N–H and O–H groups in total. The highest BCUT2D eigenvalue weighted by Crippen LogP contribution is 2.25. The van der Waals surface area contributed by atoms with E-state index in [1.54, 1.807) is 18.2 Å². The fourth-order valence-corrected chi connectivity index (χ4v) is 1.59. The van der Waals surface area contributed by atoms with Crippen LogP contribution in [0.2, 0.25) is 0 Å². The third-order valence-electron chi connectivity index (χ3n) is 2.42. The average molecular weight is 248 g/mol. The molecule has 2 aromatic rings. The number of carbonyl (C=O) groups is 1. The average Bonchev–Trinajstić information content (AvgIpc) is 2.35. The molecule has 0 saturated carbocycles. The van der Waals surface area contributed by atoms with Crippen molar-refractivity contribution in [2.75, 3.05) is 6.61 Å². The van der Waals surface area contributed by atoms with Gasteiger partial charge in [-0.25, -0.2) is 9.59 Å². The quantitative estimate of drug-likeness (QED) is 0.840. The predicted molar refractivity (Wildman–Crippen MR) is 65.2 cm³/mol. The molecule has 0 unspecified atom stereocenters. The molecule has 1 heterocycles. The van der Waals surface area contributed by atoms with Crippen LogP contribution in [0.15, 0.2) is 33.5 Å². The van der Waals surface area contributed by atoms with E-state index in [-0.39, 0.29) is 11.1 Å². The lowest BCUT2D eigenvalue weighted by Gasteiger charge is -2.07. The Morgan fingerprint density at radius 2 is 2.22 bits per heavy atom. The van der Waals surface area contributed by atoms with Crippen molar-refractivity contribution in [1.29, 1.82) is 0 Å². The fourth-order valence-electron chi connectivity index (χ4n) is 1.59. The molecule has 5 heteroatoms. The van der Waals surface area contributed by atoms with Gasteiger partial charge in [-0.15, -0.1) is 0 Å². The Morgan fingerprint density at radius 1 is 1.44 bits per heavy atom. The minimum absolute atomic E-state index is 0.279. The normalized spacial score (nSPS) is 10.5. The van der Waals surface area contributed by atoms with Crippen LogP contribution in [-0.2, 0) is 0 Å².